The van der Waals surface area contributed by atoms with Crippen LogP contribution in [0.5, 0.6) is 0 Å². The van der Waals surface area contributed by atoms with Gasteiger partial charge in [0.25, 0.3) is 0 Å². The Morgan fingerprint density at radius 3 is 2.68 bits per heavy atom. The third-order valence-electron chi connectivity index (χ3n) is 4.47. The first-order valence-electron chi connectivity index (χ1n) is 9.12. The topological polar surface area (TPSA) is 57.5 Å². The molecule has 6 heteroatoms. The van der Waals surface area contributed by atoms with E-state index in [9.17, 15) is 0 Å². The molecule has 1 aliphatic rings. The molecule has 2 heterocycles. The van der Waals surface area contributed by atoms with Gasteiger partial charge in [-0.15, -0.1) is 0 Å². The van der Waals surface area contributed by atoms with E-state index in [4.69, 9.17) is 0 Å². The van der Waals surface area contributed by atoms with Crippen molar-refractivity contribution in [2.24, 2.45) is 4.99 Å². The number of para-hydroxylation sites is 1. The van der Waals surface area contributed by atoms with E-state index in [2.05, 4.69) is 25.6 Å². The second-order valence-corrected chi connectivity index (χ2v) is 6.34. The van der Waals surface area contributed by atoms with Crippen molar-refractivity contribution < 1.29 is 0 Å². The number of likely N-dealkylation sites (tertiary alicyclic amines) is 1. The second kappa shape index (κ2) is 9.22. The van der Waals surface area contributed by atoms with E-state index in [0.29, 0.717) is 6.54 Å². The summed E-state index contributed by atoms with van der Waals surface area (Å²) < 4.78 is 1.89. The summed E-state index contributed by atoms with van der Waals surface area (Å²) in [6, 6.07) is 12.2. The lowest BCUT2D eigenvalue weighted by Crippen LogP contribution is -2.38. The van der Waals surface area contributed by atoms with Crippen LogP contribution in [0.2, 0.25) is 0 Å². The molecule has 134 valence electrons. The number of nitrogens with one attached hydrogen (secondary N) is 2. The van der Waals surface area contributed by atoms with Gasteiger partial charge in [-0.2, -0.15) is 5.10 Å². The molecule has 0 bridgehead atoms. The third kappa shape index (κ3) is 5.32. The standard InChI is InChI=1S/C19H28N6/c1-20-19(21-11-7-14-24-12-5-6-13-24)22-16-17-10-15-25(23-17)18-8-3-2-4-9-18/h2-4,8-10,15H,5-7,11-14,16H2,1H3,(H2,20,21,22). The van der Waals surface area contributed by atoms with Crippen molar-refractivity contribution in [3.63, 3.8) is 0 Å². The highest BCUT2D eigenvalue weighted by molar-refractivity contribution is 5.79. The predicted molar refractivity (Wildman–Crippen MR) is 102 cm³/mol. The first kappa shape index (κ1) is 17.5. The fourth-order valence-corrected chi connectivity index (χ4v) is 3.09. The maximum Gasteiger partial charge on any atom is 0.191 e. The van der Waals surface area contributed by atoms with E-state index in [1.807, 2.05) is 47.3 Å². The summed E-state index contributed by atoms with van der Waals surface area (Å²) in [6.07, 6.45) is 5.83. The van der Waals surface area contributed by atoms with Crippen molar-refractivity contribution in [1.82, 2.24) is 25.3 Å². The van der Waals surface area contributed by atoms with Crippen LogP contribution in [0.25, 0.3) is 5.69 Å². The lowest BCUT2D eigenvalue weighted by atomic mass is 10.3. The second-order valence-electron chi connectivity index (χ2n) is 6.34. The highest BCUT2D eigenvalue weighted by Gasteiger charge is 2.10. The van der Waals surface area contributed by atoms with Crippen molar-refractivity contribution in [3.05, 3.63) is 48.3 Å². The number of aliphatic imine (C=N–C) groups is 1. The average Bonchev–Trinajstić information content (AvgIpc) is 3.34. The molecule has 2 aromatic rings. The Balaban J connectivity index is 1.40. The van der Waals surface area contributed by atoms with Crippen LogP contribution in [0.15, 0.2) is 47.6 Å². The molecule has 0 atom stereocenters. The maximum absolute atomic E-state index is 4.60. The number of rotatable bonds is 7. The van der Waals surface area contributed by atoms with Crippen LogP contribution < -0.4 is 10.6 Å². The van der Waals surface area contributed by atoms with Gasteiger partial charge < -0.3 is 15.5 Å². The summed E-state index contributed by atoms with van der Waals surface area (Å²) in [6.45, 7) is 5.29. The lowest BCUT2D eigenvalue weighted by molar-refractivity contribution is 0.334. The number of nitrogens with zero attached hydrogens (tertiary/aromatic N) is 4. The zero-order chi connectivity index (χ0) is 17.3. The number of hydrogen-bond acceptors (Lipinski definition) is 3. The first-order chi connectivity index (χ1) is 12.3. The van der Waals surface area contributed by atoms with Crippen LogP contribution in [0, 0.1) is 0 Å². The molecule has 0 spiro atoms. The Bertz CT molecular complexity index is 658. The summed E-state index contributed by atoms with van der Waals surface area (Å²) >= 11 is 0. The average molecular weight is 340 g/mol. The summed E-state index contributed by atoms with van der Waals surface area (Å²) in [5, 5.41) is 11.3. The molecule has 0 saturated carbocycles. The normalized spacial score (nSPS) is 15.5. The zero-order valence-electron chi connectivity index (χ0n) is 15.0. The van der Waals surface area contributed by atoms with E-state index in [-0.39, 0.29) is 0 Å². The van der Waals surface area contributed by atoms with E-state index in [0.717, 1.165) is 30.3 Å². The van der Waals surface area contributed by atoms with Crippen LogP contribution in [-0.2, 0) is 6.54 Å². The monoisotopic (exact) mass is 340 g/mol. The van der Waals surface area contributed by atoms with Crippen LogP contribution in [0.3, 0.4) is 0 Å². The minimum atomic E-state index is 0.658. The third-order valence-corrected chi connectivity index (χ3v) is 4.47. The molecule has 0 radical (unpaired) electrons. The predicted octanol–water partition coefficient (Wildman–Crippen LogP) is 2.02. The van der Waals surface area contributed by atoms with Gasteiger partial charge in [-0.25, -0.2) is 4.68 Å². The van der Waals surface area contributed by atoms with Gasteiger partial charge in [-0.1, -0.05) is 18.2 Å². The number of hydrogen-bond donors (Lipinski definition) is 2. The first-order valence-corrected chi connectivity index (χ1v) is 9.12. The molecule has 1 fully saturated rings. The Hall–Kier alpha value is -2.34. The molecule has 0 aliphatic carbocycles. The van der Waals surface area contributed by atoms with Crippen molar-refractivity contribution in [1.29, 1.82) is 0 Å². The summed E-state index contributed by atoms with van der Waals surface area (Å²) in [7, 11) is 1.80. The van der Waals surface area contributed by atoms with Gasteiger partial charge >= 0.3 is 0 Å². The minimum Gasteiger partial charge on any atom is -0.356 e. The van der Waals surface area contributed by atoms with Gasteiger partial charge in [0.2, 0.25) is 0 Å². The van der Waals surface area contributed by atoms with Gasteiger partial charge in [0.15, 0.2) is 5.96 Å². The fourth-order valence-electron chi connectivity index (χ4n) is 3.09. The molecule has 1 aromatic heterocycles. The van der Waals surface area contributed by atoms with E-state index in [1.165, 1.54) is 32.5 Å². The van der Waals surface area contributed by atoms with Gasteiger partial charge in [-0.05, 0) is 57.1 Å². The maximum atomic E-state index is 4.60. The molecule has 1 aliphatic heterocycles. The highest BCUT2D eigenvalue weighted by atomic mass is 15.3. The molecule has 2 N–H and O–H groups in total. The summed E-state index contributed by atoms with van der Waals surface area (Å²) in [5.41, 5.74) is 2.06. The largest absolute Gasteiger partial charge is 0.356 e. The molecule has 25 heavy (non-hydrogen) atoms. The van der Waals surface area contributed by atoms with Crippen molar-refractivity contribution in [3.8, 4) is 5.69 Å². The summed E-state index contributed by atoms with van der Waals surface area (Å²) in [5.74, 6) is 0.829. The van der Waals surface area contributed by atoms with Crippen molar-refractivity contribution >= 4 is 5.96 Å². The van der Waals surface area contributed by atoms with Gasteiger partial charge in [0.1, 0.15) is 0 Å². The molecular formula is C19H28N6. The SMILES string of the molecule is CN=C(NCCCN1CCCC1)NCc1ccn(-c2ccccc2)n1. The molecule has 3 rings (SSSR count). The van der Waals surface area contributed by atoms with Crippen molar-refractivity contribution in [2.75, 3.05) is 33.2 Å². The van der Waals surface area contributed by atoms with E-state index < -0.39 is 0 Å². The Morgan fingerprint density at radius 2 is 1.92 bits per heavy atom. The van der Waals surface area contributed by atoms with Crippen LogP contribution in [0.1, 0.15) is 25.0 Å². The molecule has 1 saturated heterocycles. The van der Waals surface area contributed by atoms with Crippen molar-refractivity contribution in [2.45, 2.75) is 25.8 Å². The molecule has 0 unspecified atom stereocenters. The highest BCUT2D eigenvalue weighted by Crippen LogP contribution is 2.07. The van der Waals surface area contributed by atoms with Gasteiger partial charge in [0.05, 0.1) is 17.9 Å². The molecule has 0 amide bonds. The smallest absolute Gasteiger partial charge is 0.191 e. The van der Waals surface area contributed by atoms with Crippen LogP contribution in [-0.4, -0.2) is 53.9 Å². The molecule has 6 nitrogen and oxygen atoms in total. The minimum absolute atomic E-state index is 0.658. The van der Waals surface area contributed by atoms with E-state index >= 15 is 0 Å². The van der Waals surface area contributed by atoms with Gasteiger partial charge in [0, 0.05) is 19.8 Å². The zero-order valence-corrected chi connectivity index (χ0v) is 15.0. The van der Waals surface area contributed by atoms with E-state index in [1.54, 1.807) is 7.05 Å². The lowest BCUT2D eigenvalue weighted by Gasteiger charge is -2.15. The quantitative estimate of drug-likeness (QED) is 0.460. The number of benzene rings is 1. The number of aromatic nitrogens is 2. The Morgan fingerprint density at radius 1 is 1.12 bits per heavy atom. The molecule has 1 aromatic carbocycles. The van der Waals surface area contributed by atoms with Crippen LogP contribution in [0.4, 0.5) is 0 Å². The Labute approximate surface area is 149 Å². The summed E-state index contributed by atoms with van der Waals surface area (Å²) in [4.78, 5) is 6.82. The fraction of sp³-hybridized carbons (Fsp3) is 0.474. The molecular weight excluding hydrogens is 312 g/mol. The van der Waals surface area contributed by atoms with Gasteiger partial charge in [-0.3, -0.25) is 4.99 Å². The van der Waals surface area contributed by atoms with Crippen LogP contribution >= 0.6 is 0 Å². The number of guanidine groups is 1. The Kier molecular flexibility index (Phi) is 6.45.